The zero-order valence-corrected chi connectivity index (χ0v) is 17.3. The minimum absolute atomic E-state index is 0.138. The summed E-state index contributed by atoms with van der Waals surface area (Å²) in [5.41, 5.74) is 10.6. The van der Waals surface area contributed by atoms with Crippen LogP contribution in [0.1, 0.15) is 23.7 Å². The summed E-state index contributed by atoms with van der Waals surface area (Å²) < 4.78 is 1.78. The molecular weight excluding hydrogens is 402 g/mol. The summed E-state index contributed by atoms with van der Waals surface area (Å²) >= 11 is 0. The Morgan fingerprint density at radius 3 is 2.78 bits per heavy atom. The highest BCUT2D eigenvalue weighted by Crippen LogP contribution is 2.31. The predicted molar refractivity (Wildman–Crippen MR) is 122 cm³/mol. The average Bonchev–Trinajstić information content (AvgIpc) is 3.55. The van der Waals surface area contributed by atoms with Crippen LogP contribution in [0.3, 0.4) is 0 Å². The fourth-order valence-electron chi connectivity index (χ4n) is 4.49. The molecule has 0 saturated carbocycles. The molecule has 158 valence electrons. The number of aromatic amines is 1. The zero-order chi connectivity index (χ0) is 21.7. The van der Waals surface area contributed by atoms with E-state index in [1.54, 1.807) is 10.9 Å². The summed E-state index contributed by atoms with van der Waals surface area (Å²) in [4.78, 5) is 27.2. The number of likely N-dealkylation sites (tertiary alicyclic amines) is 1. The van der Waals surface area contributed by atoms with Gasteiger partial charge in [-0.25, -0.2) is 14.6 Å². The summed E-state index contributed by atoms with van der Waals surface area (Å²) in [5, 5.41) is 5.18. The van der Waals surface area contributed by atoms with E-state index in [1.807, 2.05) is 53.6 Å². The van der Waals surface area contributed by atoms with Crippen molar-refractivity contribution in [2.75, 3.05) is 12.3 Å². The zero-order valence-electron chi connectivity index (χ0n) is 17.3. The maximum absolute atomic E-state index is 12.6. The molecule has 32 heavy (non-hydrogen) atoms. The number of H-pyrrole nitrogens is 1. The van der Waals surface area contributed by atoms with Gasteiger partial charge in [0.1, 0.15) is 22.7 Å². The van der Waals surface area contributed by atoms with Crippen molar-refractivity contribution >= 4 is 33.7 Å². The summed E-state index contributed by atoms with van der Waals surface area (Å²) in [6, 6.07) is 18.0. The lowest BCUT2D eigenvalue weighted by Crippen LogP contribution is -2.25. The fraction of sp³-hybridized carbons (Fsp3) is 0.167. The van der Waals surface area contributed by atoms with Gasteiger partial charge in [-0.3, -0.25) is 4.79 Å². The normalized spacial score (nSPS) is 16.4. The van der Waals surface area contributed by atoms with Crippen LogP contribution in [-0.4, -0.2) is 42.1 Å². The van der Waals surface area contributed by atoms with Gasteiger partial charge in [-0.15, -0.1) is 0 Å². The smallest absolute Gasteiger partial charge is 0.223 e. The van der Waals surface area contributed by atoms with Crippen molar-refractivity contribution in [1.82, 2.24) is 29.6 Å². The molecule has 8 heteroatoms. The van der Waals surface area contributed by atoms with Gasteiger partial charge in [-0.1, -0.05) is 30.3 Å². The standard InChI is InChI=1S/C24H21N7O/c25-24-23-22(18-8-7-17(12-19(18)27-24)31-10-4-9-26-31)28-20(29-23)14-30-13-16(11-21(30)32)15-5-2-1-3-6-15/h1-10,12,16H,11,13-14H2,(H2,25,27)(H,28,29)/t16-/m1/s1. The quantitative estimate of drug-likeness (QED) is 0.461. The molecule has 0 unspecified atom stereocenters. The number of nitrogens with one attached hydrogen (secondary N) is 1. The Morgan fingerprint density at radius 2 is 1.97 bits per heavy atom. The highest BCUT2D eigenvalue weighted by molar-refractivity contribution is 6.06. The first-order valence-corrected chi connectivity index (χ1v) is 10.6. The lowest BCUT2D eigenvalue weighted by molar-refractivity contribution is -0.128. The molecule has 5 aromatic rings. The Hall–Kier alpha value is -4.20. The third-order valence-electron chi connectivity index (χ3n) is 6.08. The first-order valence-electron chi connectivity index (χ1n) is 10.6. The van der Waals surface area contributed by atoms with Crippen LogP contribution in [0.25, 0.3) is 27.6 Å². The molecule has 8 nitrogen and oxygen atoms in total. The average molecular weight is 423 g/mol. The van der Waals surface area contributed by atoms with Crippen LogP contribution in [0.5, 0.6) is 0 Å². The van der Waals surface area contributed by atoms with Gasteiger partial charge in [0, 0.05) is 36.7 Å². The lowest BCUT2D eigenvalue weighted by atomic mass is 9.99. The first kappa shape index (κ1) is 18.6. The number of hydrogen-bond donors (Lipinski definition) is 2. The van der Waals surface area contributed by atoms with Crippen molar-refractivity contribution in [3.8, 4) is 5.69 Å². The van der Waals surface area contributed by atoms with Gasteiger partial charge in [-0.2, -0.15) is 5.10 Å². The number of rotatable bonds is 4. The number of hydrogen-bond acceptors (Lipinski definition) is 5. The number of carbonyl (C=O) groups excluding carboxylic acids is 1. The van der Waals surface area contributed by atoms with Crippen molar-refractivity contribution in [3.63, 3.8) is 0 Å². The maximum atomic E-state index is 12.6. The van der Waals surface area contributed by atoms with Gasteiger partial charge in [0.15, 0.2) is 0 Å². The van der Waals surface area contributed by atoms with E-state index in [1.165, 1.54) is 5.56 Å². The van der Waals surface area contributed by atoms with E-state index < -0.39 is 0 Å². The minimum atomic E-state index is 0.138. The first-order chi connectivity index (χ1) is 15.7. The Balaban J connectivity index is 1.32. The second-order valence-corrected chi connectivity index (χ2v) is 8.14. The van der Waals surface area contributed by atoms with Crippen molar-refractivity contribution in [2.45, 2.75) is 18.9 Å². The van der Waals surface area contributed by atoms with E-state index in [2.05, 4.69) is 27.2 Å². The Kier molecular flexibility index (Phi) is 4.17. The number of anilines is 1. The number of amides is 1. The van der Waals surface area contributed by atoms with E-state index in [9.17, 15) is 4.79 Å². The van der Waals surface area contributed by atoms with Crippen molar-refractivity contribution < 1.29 is 4.79 Å². The van der Waals surface area contributed by atoms with Gasteiger partial charge in [0.25, 0.3) is 0 Å². The molecule has 0 aliphatic carbocycles. The maximum Gasteiger partial charge on any atom is 0.223 e. The summed E-state index contributed by atoms with van der Waals surface area (Å²) in [6.45, 7) is 1.10. The van der Waals surface area contributed by atoms with Crippen LogP contribution in [-0.2, 0) is 11.3 Å². The number of aromatic nitrogens is 5. The van der Waals surface area contributed by atoms with E-state index in [0.717, 1.165) is 22.1 Å². The second kappa shape index (κ2) is 7.19. The molecule has 2 aromatic carbocycles. The van der Waals surface area contributed by atoms with Gasteiger partial charge in [0.2, 0.25) is 5.91 Å². The monoisotopic (exact) mass is 423 g/mol. The molecule has 0 radical (unpaired) electrons. The Morgan fingerprint density at radius 1 is 1.09 bits per heavy atom. The van der Waals surface area contributed by atoms with Gasteiger partial charge < -0.3 is 15.6 Å². The number of nitrogens with two attached hydrogens (primary N) is 1. The minimum Gasteiger partial charge on any atom is -0.382 e. The van der Waals surface area contributed by atoms with Crippen LogP contribution in [0.4, 0.5) is 5.82 Å². The van der Waals surface area contributed by atoms with E-state index in [-0.39, 0.29) is 11.8 Å². The fourth-order valence-corrected chi connectivity index (χ4v) is 4.49. The molecule has 1 aliphatic heterocycles. The number of imidazole rings is 1. The van der Waals surface area contributed by atoms with E-state index in [4.69, 9.17) is 10.7 Å². The molecule has 0 bridgehead atoms. The number of benzene rings is 2. The topological polar surface area (TPSA) is 106 Å². The molecule has 3 aromatic heterocycles. The Labute approximate surface area is 183 Å². The number of fused-ring (bicyclic) bond motifs is 3. The van der Waals surface area contributed by atoms with Crippen LogP contribution < -0.4 is 5.73 Å². The summed E-state index contributed by atoms with van der Waals surface area (Å²) in [5.74, 6) is 1.44. The molecule has 1 fully saturated rings. The lowest BCUT2D eigenvalue weighted by Gasteiger charge is -2.15. The van der Waals surface area contributed by atoms with Gasteiger partial charge in [0.05, 0.1) is 17.7 Å². The van der Waals surface area contributed by atoms with Crippen LogP contribution in [0.2, 0.25) is 0 Å². The molecule has 4 heterocycles. The summed E-state index contributed by atoms with van der Waals surface area (Å²) in [6.07, 6.45) is 4.13. The number of nitrogen functional groups attached to an aromatic ring is 1. The van der Waals surface area contributed by atoms with Crippen molar-refractivity contribution in [1.29, 1.82) is 0 Å². The number of pyridine rings is 1. The molecular formula is C24H21N7O. The molecule has 1 atom stereocenters. The third-order valence-corrected chi connectivity index (χ3v) is 6.08. The van der Waals surface area contributed by atoms with Crippen molar-refractivity contribution in [3.05, 3.63) is 78.4 Å². The van der Waals surface area contributed by atoms with Gasteiger partial charge in [-0.05, 0) is 29.8 Å². The van der Waals surface area contributed by atoms with Crippen LogP contribution in [0.15, 0.2) is 67.0 Å². The van der Waals surface area contributed by atoms with E-state index in [0.29, 0.717) is 36.7 Å². The van der Waals surface area contributed by atoms with Crippen molar-refractivity contribution in [2.24, 2.45) is 0 Å². The SMILES string of the molecule is Nc1nc2cc(-n3cccn3)ccc2c2nc(CN3C[C@H](c4ccccc4)CC3=O)[nH]c12. The highest BCUT2D eigenvalue weighted by atomic mass is 16.2. The predicted octanol–water partition coefficient (Wildman–Crippen LogP) is 3.40. The van der Waals surface area contributed by atoms with E-state index >= 15 is 0 Å². The molecule has 3 N–H and O–H groups in total. The molecule has 6 rings (SSSR count). The molecule has 1 saturated heterocycles. The molecule has 1 amide bonds. The number of nitrogens with zero attached hydrogens (tertiary/aromatic N) is 5. The molecule has 1 aliphatic rings. The highest BCUT2D eigenvalue weighted by Gasteiger charge is 2.31. The third kappa shape index (κ3) is 3.08. The second-order valence-electron chi connectivity index (χ2n) is 8.14. The van der Waals surface area contributed by atoms with Gasteiger partial charge >= 0.3 is 0 Å². The largest absolute Gasteiger partial charge is 0.382 e. The number of carbonyl (C=O) groups is 1. The van der Waals surface area contributed by atoms with Crippen LogP contribution >= 0.6 is 0 Å². The summed E-state index contributed by atoms with van der Waals surface area (Å²) in [7, 11) is 0. The molecule has 0 spiro atoms. The van der Waals surface area contributed by atoms with Crippen LogP contribution in [0, 0.1) is 0 Å². The Bertz CT molecular complexity index is 1440.